The van der Waals surface area contributed by atoms with Crippen LogP contribution >= 0.6 is 0 Å². The Morgan fingerprint density at radius 2 is 1.00 bits per heavy atom. The summed E-state index contributed by atoms with van der Waals surface area (Å²) >= 11 is 0. The van der Waals surface area contributed by atoms with Crippen molar-refractivity contribution in [2.75, 3.05) is 0 Å². The SMILES string of the molecule is FC(F)(F)C(F)(F)C(F)(F)C(F)(F)C1CCCC1. The van der Waals surface area contributed by atoms with Crippen molar-refractivity contribution in [3.8, 4) is 0 Å². The molecular weight excluding hydrogens is 279 g/mol. The summed E-state index contributed by atoms with van der Waals surface area (Å²) in [6.45, 7) is 0. The lowest BCUT2D eigenvalue weighted by molar-refractivity contribution is -0.402. The first kappa shape index (κ1) is 15.4. The molecule has 0 amide bonds. The summed E-state index contributed by atoms with van der Waals surface area (Å²) in [4.78, 5) is 0. The van der Waals surface area contributed by atoms with Gasteiger partial charge in [-0.1, -0.05) is 12.8 Å². The molecule has 0 bridgehead atoms. The van der Waals surface area contributed by atoms with Crippen LogP contribution in [0.4, 0.5) is 39.5 Å². The molecule has 0 spiro atoms. The Labute approximate surface area is 96.1 Å². The summed E-state index contributed by atoms with van der Waals surface area (Å²) in [6, 6.07) is 0. The highest BCUT2D eigenvalue weighted by atomic mass is 19.4. The lowest BCUT2D eigenvalue weighted by Gasteiger charge is -2.36. The van der Waals surface area contributed by atoms with E-state index in [1.807, 2.05) is 0 Å². The minimum Gasteiger partial charge on any atom is -0.199 e. The van der Waals surface area contributed by atoms with Crippen LogP contribution in [0.5, 0.6) is 0 Å². The molecule has 0 heterocycles. The third kappa shape index (κ3) is 2.05. The van der Waals surface area contributed by atoms with Crippen LogP contribution in [0.1, 0.15) is 25.7 Å². The highest BCUT2D eigenvalue weighted by Gasteiger charge is 2.82. The van der Waals surface area contributed by atoms with E-state index < -0.39 is 42.7 Å². The lowest BCUT2D eigenvalue weighted by atomic mass is 9.90. The molecule has 0 radical (unpaired) electrons. The molecule has 1 aliphatic rings. The van der Waals surface area contributed by atoms with E-state index in [9.17, 15) is 39.5 Å². The second-order valence-electron chi connectivity index (χ2n) is 4.25. The maximum Gasteiger partial charge on any atom is 0.460 e. The third-order valence-corrected chi connectivity index (χ3v) is 3.04. The Bertz CT molecular complexity index is 298. The van der Waals surface area contributed by atoms with Gasteiger partial charge < -0.3 is 0 Å². The Morgan fingerprint density at radius 1 is 0.611 bits per heavy atom. The van der Waals surface area contributed by atoms with Crippen molar-refractivity contribution in [3.63, 3.8) is 0 Å². The number of hydrogen-bond donors (Lipinski definition) is 0. The smallest absolute Gasteiger partial charge is 0.199 e. The predicted octanol–water partition coefficient (Wildman–Crippen LogP) is 4.64. The van der Waals surface area contributed by atoms with E-state index in [1.54, 1.807) is 0 Å². The largest absolute Gasteiger partial charge is 0.460 e. The minimum absolute atomic E-state index is 0.105. The molecule has 1 aliphatic carbocycles. The molecule has 0 aromatic carbocycles. The highest BCUT2D eigenvalue weighted by Crippen LogP contribution is 2.57. The van der Waals surface area contributed by atoms with Crippen molar-refractivity contribution in [2.24, 2.45) is 5.92 Å². The Morgan fingerprint density at radius 3 is 1.33 bits per heavy atom. The maximum absolute atomic E-state index is 13.2. The van der Waals surface area contributed by atoms with Crippen LogP contribution in [-0.4, -0.2) is 23.9 Å². The molecule has 9 heteroatoms. The molecule has 108 valence electrons. The first-order chi connectivity index (χ1) is 7.86. The average Bonchev–Trinajstić information content (AvgIpc) is 2.68. The molecule has 0 N–H and O–H groups in total. The minimum atomic E-state index is -6.76. The molecule has 0 nitrogen and oxygen atoms in total. The van der Waals surface area contributed by atoms with Gasteiger partial charge in [0.15, 0.2) is 0 Å². The van der Waals surface area contributed by atoms with E-state index in [0.29, 0.717) is 0 Å². The molecule has 18 heavy (non-hydrogen) atoms. The fourth-order valence-electron chi connectivity index (χ4n) is 1.93. The molecular formula is C9H9F9. The standard InChI is InChI=1S/C9H9F9/c10-6(11,5-3-1-2-4-5)7(12,13)8(14,15)9(16,17)18/h5H,1-4H2. The fourth-order valence-corrected chi connectivity index (χ4v) is 1.93. The van der Waals surface area contributed by atoms with Crippen molar-refractivity contribution >= 4 is 0 Å². The van der Waals surface area contributed by atoms with Gasteiger partial charge in [-0.2, -0.15) is 39.5 Å². The molecule has 0 unspecified atom stereocenters. The van der Waals surface area contributed by atoms with Crippen LogP contribution in [0.3, 0.4) is 0 Å². The summed E-state index contributed by atoms with van der Waals surface area (Å²) < 4.78 is 113. The first-order valence-electron chi connectivity index (χ1n) is 5.06. The van der Waals surface area contributed by atoms with Crippen LogP contribution in [-0.2, 0) is 0 Å². The predicted molar refractivity (Wildman–Crippen MR) is 42.9 cm³/mol. The maximum atomic E-state index is 13.2. The van der Waals surface area contributed by atoms with Crippen molar-refractivity contribution in [2.45, 2.75) is 49.6 Å². The van der Waals surface area contributed by atoms with Gasteiger partial charge in [-0.25, -0.2) is 0 Å². The van der Waals surface area contributed by atoms with Gasteiger partial charge in [0.05, 0.1) is 0 Å². The summed E-state index contributed by atoms with van der Waals surface area (Å²) in [5, 5.41) is 0. The van der Waals surface area contributed by atoms with Gasteiger partial charge in [-0.3, -0.25) is 0 Å². The zero-order chi connectivity index (χ0) is 14.4. The average molecular weight is 288 g/mol. The second-order valence-corrected chi connectivity index (χ2v) is 4.25. The molecule has 0 aliphatic heterocycles. The normalized spacial score (nSPS) is 20.5. The van der Waals surface area contributed by atoms with Gasteiger partial charge in [-0.15, -0.1) is 0 Å². The lowest BCUT2D eigenvalue weighted by Crippen LogP contribution is -2.62. The van der Waals surface area contributed by atoms with Crippen molar-refractivity contribution in [3.05, 3.63) is 0 Å². The molecule has 0 atom stereocenters. The number of rotatable bonds is 3. The van der Waals surface area contributed by atoms with E-state index >= 15 is 0 Å². The Kier molecular flexibility index (Phi) is 3.59. The number of hydrogen-bond acceptors (Lipinski definition) is 0. The van der Waals surface area contributed by atoms with Crippen molar-refractivity contribution in [1.29, 1.82) is 0 Å². The summed E-state index contributed by atoms with van der Waals surface area (Å²) in [6.07, 6.45) is -7.49. The fraction of sp³-hybridized carbons (Fsp3) is 1.00. The zero-order valence-electron chi connectivity index (χ0n) is 8.81. The van der Waals surface area contributed by atoms with Crippen LogP contribution < -0.4 is 0 Å². The van der Waals surface area contributed by atoms with E-state index in [2.05, 4.69) is 0 Å². The quantitative estimate of drug-likeness (QED) is 0.663. The van der Waals surface area contributed by atoms with Crippen LogP contribution in [0.2, 0.25) is 0 Å². The topological polar surface area (TPSA) is 0 Å². The molecule has 1 rings (SSSR count). The second kappa shape index (κ2) is 4.19. The van der Waals surface area contributed by atoms with E-state index in [4.69, 9.17) is 0 Å². The summed E-state index contributed by atoms with van der Waals surface area (Å²) in [7, 11) is 0. The third-order valence-electron chi connectivity index (χ3n) is 3.04. The van der Waals surface area contributed by atoms with Crippen LogP contribution in [0, 0.1) is 5.92 Å². The van der Waals surface area contributed by atoms with Gasteiger partial charge in [0.2, 0.25) is 0 Å². The van der Waals surface area contributed by atoms with Crippen molar-refractivity contribution < 1.29 is 39.5 Å². The molecule has 0 saturated heterocycles. The first-order valence-corrected chi connectivity index (χ1v) is 5.06. The van der Waals surface area contributed by atoms with Gasteiger partial charge in [0.25, 0.3) is 0 Å². The molecule has 1 fully saturated rings. The summed E-state index contributed by atoms with van der Waals surface area (Å²) in [5.74, 6) is -20.7. The van der Waals surface area contributed by atoms with Gasteiger partial charge in [0.1, 0.15) is 0 Å². The number of halogens is 9. The molecule has 0 aromatic heterocycles. The zero-order valence-corrected chi connectivity index (χ0v) is 8.81. The highest BCUT2D eigenvalue weighted by molar-refractivity contribution is 5.03. The number of alkyl halides is 9. The Hall–Kier alpha value is -0.630. The van der Waals surface area contributed by atoms with Gasteiger partial charge in [-0.05, 0) is 12.8 Å². The summed E-state index contributed by atoms with van der Waals surface area (Å²) in [5.41, 5.74) is 0. The Balaban J connectivity index is 3.11. The molecule has 1 saturated carbocycles. The van der Waals surface area contributed by atoms with Crippen LogP contribution in [0.15, 0.2) is 0 Å². The van der Waals surface area contributed by atoms with Gasteiger partial charge in [0, 0.05) is 5.92 Å². The van der Waals surface area contributed by atoms with Crippen LogP contribution in [0.25, 0.3) is 0 Å². The van der Waals surface area contributed by atoms with E-state index in [0.717, 1.165) is 0 Å². The van der Waals surface area contributed by atoms with Crippen molar-refractivity contribution in [1.82, 2.24) is 0 Å². The molecule has 0 aromatic rings. The van der Waals surface area contributed by atoms with E-state index in [-0.39, 0.29) is 12.8 Å². The monoisotopic (exact) mass is 288 g/mol. The van der Waals surface area contributed by atoms with E-state index in [1.165, 1.54) is 0 Å². The van der Waals surface area contributed by atoms with Gasteiger partial charge >= 0.3 is 23.9 Å².